The standard InChI is InChI=1S/C13H21NO7/c1-7(2)11(16)14-10(13(18)21-5)8(12(17)20-4)6-9(15)19-3/h7-8,10H,6H2,1-5H3,(H,14,16)/t8-,10+/m0/s1. The first-order valence-electron chi connectivity index (χ1n) is 6.31. The lowest BCUT2D eigenvalue weighted by molar-refractivity contribution is -0.159. The van der Waals surface area contributed by atoms with E-state index in [0.717, 1.165) is 21.3 Å². The number of carbonyl (C=O) groups excluding carboxylic acids is 4. The van der Waals surface area contributed by atoms with Gasteiger partial charge in [0.25, 0.3) is 0 Å². The molecule has 21 heavy (non-hydrogen) atoms. The average Bonchev–Trinajstić information content (AvgIpc) is 2.48. The van der Waals surface area contributed by atoms with E-state index < -0.39 is 48.1 Å². The van der Waals surface area contributed by atoms with Crippen molar-refractivity contribution in [2.45, 2.75) is 26.3 Å². The molecule has 1 N–H and O–H groups in total. The van der Waals surface area contributed by atoms with Crippen molar-refractivity contribution in [3.63, 3.8) is 0 Å². The van der Waals surface area contributed by atoms with Gasteiger partial charge in [0.15, 0.2) is 0 Å². The fraction of sp³-hybridized carbons (Fsp3) is 0.692. The van der Waals surface area contributed by atoms with Crippen LogP contribution in [0.5, 0.6) is 0 Å². The highest BCUT2D eigenvalue weighted by molar-refractivity contribution is 5.91. The number of methoxy groups -OCH3 is 3. The summed E-state index contributed by atoms with van der Waals surface area (Å²) in [4.78, 5) is 46.7. The quantitative estimate of drug-likeness (QED) is 0.506. The Bertz CT molecular complexity index is 405. The highest BCUT2D eigenvalue weighted by Crippen LogP contribution is 2.15. The summed E-state index contributed by atoms with van der Waals surface area (Å²) < 4.78 is 13.6. The van der Waals surface area contributed by atoms with Gasteiger partial charge in [-0.05, 0) is 0 Å². The van der Waals surface area contributed by atoms with Gasteiger partial charge in [-0.1, -0.05) is 13.8 Å². The zero-order chi connectivity index (χ0) is 16.6. The molecule has 2 atom stereocenters. The summed E-state index contributed by atoms with van der Waals surface area (Å²) in [5, 5.41) is 2.39. The van der Waals surface area contributed by atoms with Gasteiger partial charge >= 0.3 is 17.9 Å². The third kappa shape index (κ3) is 5.80. The molecule has 0 saturated heterocycles. The van der Waals surface area contributed by atoms with Crippen LogP contribution in [0.25, 0.3) is 0 Å². The van der Waals surface area contributed by atoms with E-state index in [1.54, 1.807) is 13.8 Å². The van der Waals surface area contributed by atoms with Crippen molar-refractivity contribution in [2.24, 2.45) is 11.8 Å². The lowest BCUT2D eigenvalue weighted by Crippen LogP contribution is -2.51. The number of ether oxygens (including phenoxy) is 3. The molecule has 8 nitrogen and oxygen atoms in total. The minimum atomic E-state index is -1.32. The second-order valence-electron chi connectivity index (χ2n) is 4.57. The van der Waals surface area contributed by atoms with Crippen LogP contribution in [0, 0.1) is 11.8 Å². The molecule has 0 heterocycles. The van der Waals surface area contributed by atoms with Gasteiger partial charge in [0.1, 0.15) is 6.04 Å². The normalized spacial score (nSPS) is 13.0. The van der Waals surface area contributed by atoms with Crippen molar-refractivity contribution in [1.82, 2.24) is 5.32 Å². The molecule has 0 aliphatic rings. The number of hydrogen-bond acceptors (Lipinski definition) is 7. The van der Waals surface area contributed by atoms with Gasteiger partial charge < -0.3 is 19.5 Å². The molecule has 1 amide bonds. The largest absolute Gasteiger partial charge is 0.469 e. The Morgan fingerprint density at radius 3 is 1.81 bits per heavy atom. The molecule has 0 aromatic heterocycles. The zero-order valence-electron chi connectivity index (χ0n) is 12.8. The van der Waals surface area contributed by atoms with Crippen molar-refractivity contribution < 1.29 is 33.4 Å². The Kier molecular flexibility index (Phi) is 8.03. The second-order valence-corrected chi connectivity index (χ2v) is 4.57. The van der Waals surface area contributed by atoms with Crippen molar-refractivity contribution in [3.8, 4) is 0 Å². The highest BCUT2D eigenvalue weighted by Gasteiger charge is 2.38. The summed E-state index contributed by atoms with van der Waals surface area (Å²) >= 11 is 0. The first-order valence-corrected chi connectivity index (χ1v) is 6.31. The van der Waals surface area contributed by atoms with Gasteiger partial charge in [0, 0.05) is 5.92 Å². The van der Waals surface area contributed by atoms with E-state index in [9.17, 15) is 19.2 Å². The van der Waals surface area contributed by atoms with Crippen LogP contribution in [0.2, 0.25) is 0 Å². The summed E-state index contributed by atoms with van der Waals surface area (Å²) in [7, 11) is 3.38. The van der Waals surface area contributed by atoms with Gasteiger partial charge in [0.2, 0.25) is 5.91 Å². The van der Waals surface area contributed by atoms with E-state index in [1.165, 1.54) is 0 Å². The van der Waals surface area contributed by atoms with Crippen LogP contribution < -0.4 is 5.32 Å². The minimum Gasteiger partial charge on any atom is -0.469 e. The summed E-state index contributed by atoms with van der Waals surface area (Å²) in [6.45, 7) is 3.24. The molecule has 0 spiro atoms. The summed E-state index contributed by atoms with van der Waals surface area (Å²) in [6.07, 6.45) is -0.415. The van der Waals surface area contributed by atoms with Crippen molar-refractivity contribution in [3.05, 3.63) is 0 Å². The molecule has 0 rings (SSSR count). The molecule has 0 saturated carbocycles. The molecule has 0 radical (unpaired) electrons. The maximum Gasteiger partial charge on any atom is 0.329 e. The number of amides is 1. The first-order chi connectivity index (χ1) is 9.78. The van der Waals surface area contributed by atoms with E-state index in [0.29, 0.717) is 0 Å². The smallest absolute Gasteiger partial charge is 0.329 e. The molecule has 8 heteroatoms. The average molecular weight is 303 g/mol. The fourth-order valence-electron chi connectivity index (χ4n) is 1.52. The Morgan fingerprint density at radius 2 is 1.43 bits per heavy atom. The Hall–Kier alpha value is -2.12. The second kappa shape index (κ2) is 8.93. The Labute approximate surface area is 123 Å². The van der Waals surface area contributed by atoms with Crippen LogP contribution in [0.3, 0.4) is 0 Å². The topological polar surface area (TPSA) is 108 Å². The zero-order valence-corrected chi connectivity index (χ0v) is 12.8. The molecule has 0 bridgehead atoms. The van der Waals surface area contributed by atoms with Crippen LogP contribution in [-0.4, -0.2) is 51.2 Å². The van der Waals surface area contributed by atoms with Crippen LogP contribution in [0.15, 0.2) is 0 Å². The van der Waals surface area contributed by atoms with E-state index in [4.69, 9.17) is 0 Å². The molecule has 0 aliphatic carbocycles. The maximum absolute atomic E-state index is 11.8. The molecule has 0 aromatic rings. The van der Waals surface area contributed by atoms with Gasteiger partial charge in [-0.3, -0.25) is 14.4 Å². The fourth-order valence-corrected chi connectivity index (χ4v) is 1.52. The number of hydrogen-bond donors (Lipinski definition) is 1. The van der Waals surface area contributed by atoms with Crippen molar-refractivity contribution in [2.75, 3.05) is 21.3 Å². The predicted octanol–water partition coefficient (Wildman–Crippen LogP) is -0.347. The number of carbonyl (C=O) groups is 4. The Morgan fingerprint density at radius 1 is 0.905 bits per heavy atom. The molecule has 0 aromatic carbocycles. The highest BCUT2D eigenvalue weighted by atomic mass is 16.5. The third-order valence-corrected chi connectivity index (χ3v) is 2.80. The minimum absolute atomic E-state index is 0.409. The van der Waals surface area contributed by atoms with Gasteiger partial charge in [-0.2, -0.15) is 0 Å². The van der Waals surface area contributed by atoms with Crippen molar-refractivity contribution in [1.29, 1.82) is 0 Å². The van der Waals surface area contributed by atoms with Crippen LogP contribution >= 0.6 is 0 Å². The SMILES string of the molecule is COC(=O)C[C@H](C(=O)OC)[C@@H](NC(=O)C(C)C)C(=O)OC. The summed E-state index contributed by atoms with van der Waals surface area (Å²) in [5.41, 5.74) is 0. The number of esters is 3. The van der Waals surface area contributed by atoms with Crippen LogP contribution in [0.1, 0.15) is 20.3 Å². The Balaban J connectivity index is 5.35. The number of rotatable bonds is 7. The molecule has 0 fully saturated rings. The molecule has 120 valence electrons. The first kappa shape index (κ1) is 18.9. The van der Waals surface area contributed by atoms with Gasteiger partial charge in [-0.25, -0.2) is 4.79 Å². The maximum atomic E-state index is 11.8. The van der Waals surface area contributed by atoms with Crippen LogP contribution in [-0.2, 0) is 33.4 Å². The third-order valence-electron chi connectivity index (χ3n) is 2.80. The predicted molar refractivity (Wildman–Crippen MR) is 70.9 cm³/mol. The van der Waals surface area contributed by atoms with Gasteiger partial charge in [-0.15, -0.1) is 0 Å². The molecular weight excluding hydrogens is 282 g/mol. The van der Waals surface area contributed by atoms with Crippen molar-refractivity contribution >= 4 is 23.8 Å². The van der Waals surface area contributed by atoms with Crippen LogP contribution in [0.4, 0.5) is 0 Å². The number of nitrogens with one attached hydrogen (secondary N) is 1. The van der Waals surface area contributed by atoms with E-state index in [1.807, 2.05) is 0 Å². The molecule has 0 aliphatic heterocycles. The molecule has 0 unspecified atom stereocenters. The molecular formula is C13H21NO7. The van der Waals surface area contributed by atoms with E-state index in [2.05, 4.69) is 19.5 Å². The summed E-state index contributed by atoms with van der Waals surface area (Å²) in [6, 6.07) is -1.32. The van der Waals surface area contributed by atoms with E-state index in [-0.39, 0.29) is 0 Å². The lowest BCUT2D eigenvalue weighted by atomic mass is 9.95. The van der Waals surface area contributed by atoms with E-state index >= 15 is 0 Å². The lowest BCUT2D eigenvalue weighted by Gasteiger charge is -2.24. The monoisotopic (exact) mass is 303 g/mol. The summed E-state index contributed by atoms with van der Waals surface area (Å²) in [5.74, 6) is -4.46. The van der Waals surface area contributed by atoms with Gasteiger partial charge in [0.05, 0.1) is 33.7 Å².